The molecule has 2 heteroatoms. The lowest BCUT2D eigenvalue weighted by atomic mass is 10.0. The number of thiophene rings is 1. The van der Waals surface area contributed by atoms with Crippen LogP contribution >= 0.6 is 11.3 Å². The van der Waals surface area contributed by atoms with Crippen molar-refractivity contribution in [2.24, 2.45) is 23.5 Å². The fourth-order valence-corrected chi connectivity index (χ4v) is 4.47. The Bertz CT molecular complexity index is 345. The summed E-state index contributed by atoms with van der Waals surface area (Å²) >= 11 is 1.85. The quantitative estimate of drug-likeness (QED) is 0.813. The van der Waals surface area contributed by atoms with Crippen molar-refractivity contribution >= 4 is 11.3 Å². The lowest BCUT2D eigenvalue weighted by molar-refractivity contribution is 0.480. The second-order valence-corrected chi connectivity index (χ2v) is 6.13. The molecule has 0 radical (unpaired) electrons. The van der Waals surface area contributed by atoms with E-state index in [0.717, 1.165) is 17.8 Å². The highest BCUT2D eigenvalue weighted by atomic mass is 32.1. The maximum absolute atomic E-state index is 6.42. The topological polar surface area (TPSA) is 26.0 Å². The first-order valence-corrected chi connectivity index (χ1v) is 6.96. The van der Waals surface area contributed by atoms with Gasteiger partial charge in [-0.05, 0) is 54.5 Å². The van der Waals surface area contributed by atoms with Gasteiger partial charge in [0.1, 0.15) is 0 Å². The zero-order valence-corrected chi connectivity index (χ0v) is 10.1. The summed E-state index contributed by atoms with van der Waals surface area (Å²) in [7, 11) is 0. The van der Waals surface area contributed by atoms with E-state index >= 15 is 0 Å². The molecule has 1 heterocycles. The molecule has 0 spiro atoms. The lowest BCUT2D eigenvalue weighted by Gasteiger charge is -2.10. The fraction of sp³-hybridized carbons (Fsp3) is 0.692. The SMILES string of the molecule is Cc1ccsc1C(N)C1C2CCCCC21. The Balaban J connectivity index is 1.76. The minimum absolute atomic E-state index is 0.332. The smallest absolute Gasteiger partial charge is 0.0426 e. The molecule has 1 aromatic heterocycles. The molecule has 0 saturated heterocycles. The number of aryl methyl sites for hydroxylation is 1. The summed E-state index contributed by atoms with van der Waals surface area (Å²) in [5, 5.41) is 2.18. The van der Waals surface area contributed by atoms with Crippen LogP contribution in [0.4, 0.5) is 0 Å². The number of hydrogen-bond donors (Lipinski definition) is 1. The van der Waals surface area contributed by atoms with Gasteiger partial charge >= 0.3 is 0 Å². The number of nitrogens with two attached hydrogens (primary N) is 1. The van der Waals surface area contributed by atoms with Gasteiger partial charge in [0.25, 0.3) is 0 Å². The second-order valence-electron chi connectivity index (χ2n) is 5.18. The lowest BCUT2D eigenvalue weighted by Crippen LogP contribution is -2.13. The Morgan fingerprint density at radius 1 is 1.33 bits per heavy atom. The van der Waals surface area contributed by atoms with Crippen LogP contribution in [0.25, 0.3) is 0 Å². The van der Waals surface area contributed by atoms with Crippen molar-refractivity contribution < 1.29 is 0 Å². The van der Waals surface area contributed by atoms with Crippen molar-refractivity contribution in [2.45, 2.75) is 38.6 Å². The van der Waals surface area contributed by atoms with Gasteiger partial charge in [0.05, 0.1) is 0 Å². The van der Waals surface area contributed by atoms with E-state index in [4.69, 9.17) is 5.73 Å². The van der Waals surface area contributed by atoms with Crippen LogP contribution in [0.15, 0.2) is 11.4 Å². The highest BCUT2D eigenvalue weighted by molar-refractivity contribution is 7.10. The van der Waals surface area contributed by atoms with Crippen LogP contribution in [0.1, 0.15) is 42.2 Å². The average Bonchev–Trinajstić information content (AvgIpc) is 2.83. The summed E-state index contributed by atoms with van der Waals surface area (Å²) in [6.07, 6.45) is 5.75. The van der Waals surface area contributed by atoms with Gasteiger partial charge in [0.15, 0.2) is 0 Å². The van der Waals surface area contributed by atoms with Gasteiger partial charge in [-0.1, -0.05) is 12.8 Å². The van der Waals surface area contributed by atoms with Crippen LogP contribution in [0, 0.1) is 24.7 Å². The molecule has 0 amide bonds. The third-order valence-corrected chi connectivity index (χ3v) is 5.46. The second kappa shape index (κ2) is 3.60. The Kier molecular flexibility index (Phi) is 2.37. The van der Waals surface area contributed by atoms with Gasteiger partial charge in [-0.3, -0.25) is 0 Å². The van der Waals surface area contributed by atoms with Crippen LogP contribution < -0.4 is 5.73 Å². The molecule has 1 aromatic rings. The zero-order chi connectivity index (χ0) is 10.4. The Hall–Kier alpha value is -0.340. The molecule has 3 rings (SSSR count). The molecule has 1 nitrogen and oxygen atoms in total. The van der Waals surface area contributed by atoms with Crippen molar-refractivity contribution in [3.8, 4) is 0 Å². The summed E-state index contributed by atoms with van der Waals surface area (Å²) in [6, 6.07) is 2.53. The van der Waals surface area contributed by atoms with E-state index in [0.29, 0.717) is 6.04 Å². The van der Waals surface area contributed by atoms with E-state index in [-0.39, 0.29) is 0 Å². The minimum Gasteiger partial charge on any atom is -0.323 e. The van der Waals surface area contributed by atoms with Gasteiger partial charge < -0.3 is 5.73 Å². The number of hydrogen-bond acceptors (Lipinski definition) is 2. The van der Waals surface area contributed by atoms with E-state index < -0.39 is 0 Å². The predicted molar refractivity (Wildman–Crippen MR) is 64.9 cm³/mol. The van der Waals surface area contributed by atoms with Crippen LogP contribution in [0.3, 0.4) is 0 Å². The van der Waals surface area contributed by atoms with Crippen LogP contribution in [0.2, 0.25) is 0 Å². The maximum Gasteiger partial charge on any atom is 0.0426 e. The summed E-state index contributed by atoms with van der Waals surface area (Å²) in [5.74, 6) is 2.75. The molecule has 15 heavy (non-hydrogen) atoms. The van der Waals surface area contributed by atoms with Gasteiger partial charge in [-0.2, -0.15) is 0 Å². The van der Waals surface area contributed by atoms with Crippen molar-refractivity contribution in [1.82, 2.24) is 0 Å². The molecule has 0 aliphatic heterocycles. The van der Waals surface area contributed by atoms with Crippen molar-refractivity contribution in [2.75, 3.05) is 0 Å². The largest absolute Gasteiger partial charge is 0.323 e. The normalized spacial score (nSPS) is 36.0. The highest BCUT2D eigenvalue weighted by Gasteiger charge is 2.53. The summed E-state index contributed by atoms with van der Waals surface area (Å²) in [4.78, 5) is 1.44. The van der Waals surface area contributed by atoms with Crippen LogP contribution in [0.5, 0.6) is 0 Å². The monoisotopic (exact) mass is 221 g/mol. The van der Waals surface area contributed by atoms with E-state index in [1.165, 1.54) is 36.1 Å². The summed E-state index contributed by atoms with van der Waals surface area (Å²) < 4.78 is 0. The first kappa shape index (κ1) is 9.86. The first-order valence-electron chi connectivity index (χ1n) is 6.08. The molecular formula is C13H19NS. The van der Waals surface area contributed by atoms with E-state index in [1.807, 2.05) is 11.3 Å². The number of rotatable bonds is 2. The highest BCUT2D eigenvalue weighted by Crippen LogP contribution is 2.60. The van der Waals surface area contributed by atoms with Crippen LogP contribution in [-0.2, 0) is 0 Å². The van der Waals surface area contributed by atoms with Gasteiger partial charge in [-0.15, -0.1) is 11.3 Å². The average molecular weight is 221 g/mol. The van der Waals surface area contributed by atoms with Gasteiger partial charge in [0, 0.05) is 10.9 Å². The molecule has 2 N–H and O–H groups in total. The molecule has 2 aliphatic carbocycles. The predicted octanol–water partition coefficient (Wildman–Crippen LogP) is 3.49. The molecule has 2 aliphatic rings. The summed E-state index contributed by atoms with van der Waals surface area (Å²) in [6.45, 7) is 2.19. The number of fused-ring (bicyclic) bond motifs is 1. The third kappa shape index (κ3) is 1.55. The van der Waals surface area contributed by atoms with Crippen LogP contribution in [-0.4, -0.2) is 0 Å². The van der Waals surface area contributed by atoms with E-state index in [2.05, 4.69) is 18.4 Å². The zero-order valence-electron chi connectivity index (χ0n) is 9.28. The van der Waals surface area contributed by atoms with Crippen molar-refractivity contribution in [1.29, 1.82) is 0 Å². The molecule has 3 atom stereocenters. The van der Waals surface area contributed by atoms with E-state index in [1.54, 1.807) is 0 Å². The Labute approximate surface area is 95.7 Å². The molecule has 0 bridgehead atoms. The first-order chi connectivity index (χ1) is 7.29. The Morgan fingerprint density at radius 2 is 2.00 bits per heavy atom. The van der Waals surface area contributed by atoms with Gasteiger partial charge in [0.2, 0.25) is 0 Å². The molecule has 3 unspecified atom stereocenters. The Morgan fingerprint density at radius 3 is 2.53 bits per heavy atom. The third-order valence-electron chi connectivity index (χ3n) is 4.34. The minimum atomic E-state index is 0.332. The molecular weight excluding hydrogens is 202 g/mol. The fourth-order valence-electron chi connectivity index (χ4n) is 3.48. The van der Waals surface area contributed by atoms with Crippen molar-refractivity contribution in [3.63, 3.8) is 0 Å². The van der Waals surface area contributed by atoms with E-state index in [9.17, 15) is 0 Å². The molecule has 82 valence electrons. The molecule has 2 saturated carbocycles. The van der Waals surface area contributed by atoms with Crippen molar-refractivity contribution in [3.05, 3.63) is 21.9 Å². The standard InChI is InChI=1S/C13H19NS/c1-8-6-7-15-13(8)12(14)11-9-4-2-3-5-10(9)11/h6-7,9-12H,2-5,14H2,1H3. The summed E-state index contributed by atoms with van der Waals surface area (Å²) in [5.41, 5.74) is 7.81. The maximum atomic E-state index is 6.42. The molecule has 2 fully saturated rings. The molecule has 0 aromatic carbocycles. The van der Waals surface area contributed by atoms with Gasteiger partial charge in [-0.25, -0.2) is 0 Å².